The van der Waals surface area contributed by atoms with E-state index in [1.165, 1.54) is 11.1 Å². The number of aliphatic imine (C=N–C) groups is 1. The van der Waals surface area contributed by atoms with E-state index in [1.54, 1.807) is 0 Å². The number of aromatic nitrogens is 3. The molecule has 2 N–H and O–H groups in total. The van der Waals surface area contributed by atoms with Crippen LogP contribution in [0, 0.1) is 5.92 Å². The van der Waals surface area contributed by atoms with Gasteiger partial charge >= 0.3 is 0 Å². The molecular formula is C23H32N6. The quantitative estimate of drug-likeness (QED) is 0.452. The Bertz CT molecular complexity index is 926. The molecular weight excluding hydrogens is 360 g/mol. The zero-order chi connectivity index (χ0) is 20.6. The fraction of sp³-hybridized carbons (Fsp3) is 0.435. The molecule has 0 aliphatic rings. The molecule has 1 atom stereocenters. The van der Waals surface area contributed by atoms with Crippen LogP contribution in [0.15, 0.2) is 53.7 Å². The van der Waals surface area contributed by atoms with E-state index in [0.717, 1.165) is 36.8 Å². The van der Waals surface area contributed by atoms with Gasteiger partial charge in [0.05, 0.1) is 6.04 Å². The molecule has 1 unspecified atom stereocenters. The molecule has 2 aromatic heterocycles. The molecule has 154 valence electrons. The lowest BCUT2D eigenvalue weighted by Gasteiger charge is -2.18. The van der Waals surface area contributed by atoms with Gasteiger partial charge in [-0.3, -0.25) is 9.39 Å². The molecule has 0 radical (unpaired) electrons. The molecule has 2 heterocycles. The zero-order valence-electron chi connectivity index (χ0n) is 17.9. The molecule has 0 fully saturated rings. The maximum atomic E-state index is 4.73. The SMILES string of the molecule is CCNC(=NCCc1nnc2ccccn12)NC(C)c1ccc(CC(C)C)cc1. The summed E-state index contributed by atoms with van der Waals surface area (Å²) in [5.74, 6) is 2.42. The molecule has 0 saturated heterocycles. The van der Waals surface area contributed by atoms with Gasteiger partial charge in [-0.15, -0.1) is 10.2 Å². The second kappa shape index (κ2) is 10.0. The Morgan fingerprint density at radius 2 is 1.86 bits per heavy atom. The van der Waals surface area contributed by atoms with E-state index in [1.807, 2.05) is 28.8 Å². The minimum atomic E-state index is 0.176. The van der Waals surface area contributed by atoms with Crippen molar-refractivity contribution in [2.45, 2.75) is 46.6 Å². The van der Waals surface area contributed by atoms with Crippen molar-refractivity contribution in [3.8, 4) is 0 Å². The normalized spacial score (nSPS) is 13.1. The second-order valence-corrected chi connectivity index (χ2v) is 7.76. The van der Waals surface area contributed by atoms with Crippen LogP contribution in [0.2, 0.25) is 0 Å². The first-order chi connectivity index (χ1) is 14.1. The van der Waals surface area contributed by atoms with E-state index in [-0.39, 0.29) is 6.04 Å². The van der Waals surface area contributed by atoms with Crippen molar-refractivity contribution in [3.63, 3.8) is 0 Å². The highest BCUT2D eigenvalue weighted by molar-refractivity contribution is 5.80. The summed E-state index contributed by atoms with van der Waals surface area (Å²) in [7, 11) is 0. The lowest BCUT2D eigenvalue weighted by molar-refractivity contribution is 0.645. The van der Waals surface area contributed by atoms with Gasteiger partial charge in [0.25, 0.3) is 0 Å². The average molecular weight is 393 g/mol. The van der Waals surface area contributed by atoms with Gasteiger partial charge in [-0.25, -0.2) is 0 Å². The number of fused-ring (bicyclic) bond motifs is 1. The molecule has 1 aromatic carbocycles. The maximum Gasteiger partial charge on any atom is 0.191 e. The average Bonchev–Trinajstić information content (AvgIpc) is 3.11. The van der Waals surface area contributed by atoms with Crippen LogP contribution in [0.25, 0.3) is 5.65 Å². The largest absolute Gasteiger partial charge is 0.357 e. The van der Waals surface area contributed by atoms with Gasteiger partial charge in [0.2, 0.25) is 0 Å². The lowest BCUT2D eigenvalue weighted by Crippen LogP contribution is -2.38. The van der Waals surface area contributed by atoms with Gasteiger partial charge in [-0.1, -0.05) is 44.2 Å². The summed E-state index contributed by atoms with van der Waals surface area (Å²) in [5, 5.41) is 15.3. The number of rotatable bonds is 8. The Labute approximate surface area is 173 Å². The first-order valence-corrected chi connectivity index (χ1v) is 10.5. The van der Waals surface area contributed by atoms with Gasteiger partial charge in [0.1, 0.15) is 5.82 Å². The summed E-state index contributed by atoms with van der Waals surface area (Å²) in [6, 6.07) is 15.0. The summed E-state index contributed by atoms with van der Waals surface area (Å²) < 4.78 is 2.01. The van der Waals surface area contributed by atoms with Gasteiger partial charge in [-0.2, -0.15) is 0 Å². The first kappa shape index (κ1) is 20.8. The number of pyridine rings is 1. The van der Waals surface area contributed by atoms with Gasteiger partial charge in [0, 0.05) is 25.7 Å². The van der Waals surface area contributed by atoms with Gasteiger partial charge in [-0.05, 0) is 49.4 Å². The summed E-state index contributed by atoms with van der Waals surface area (Å²) >= 11 is 0. The highest BCUT2D eigenvalue weighted by Crippen LogP contribution is 2.15. The number of guanidine groups is 1. The van der Waals surface area contributed by atoms with Crippen molar-refractivity contribution in [1.82, 2.24) is 25.2 Å². The number of hydrogen-bond acceptors (Lipinski definition) is 3. The lowest BCUT2D eigenvalue weighted by atomic mass is 10.00. The summed E-state index contributed by atoms with van der Waals surface area (Å²) in [6.07, 6.45) is 3.84. The van der Waals surface area contributed by atoms with Crippen LogP contribution in [0.5, 0.6) is 0 Å². The topological polar surface area (TPSA) is 66.6 Å². The number of nitrogens with one attached hydrogen (secondary N) is 2. The highest BCUT2D eigenvalue weighted by atomic mass is 15.2. The third-order valence-corrected chi connectivity index (χ3v) is 4.81. The Morgan fingerprint density at radius 3 is 2.59 bits per heavy atom. The molecule has 0 amide bonds. The molecule has 6 heteroatoms. The summed E-state index contributed by atoms with van der Waals surface area (Å²) in [6.45, 7) is 10.2. The Hall–Kier alpha value is -2.89. The molecule has 0 bridgehead atoms. The minimum absolute atomic E-state index is 0.176. The molecule has 0 aliphatic heterocycles. The van der Waals surface area contributed by atoms with E-state index >= 15 is 0 Å². The van der Waals surface area contributed by atoms with Crippen molar-refractivity contribution in [2.24, 2.45) is 10.9 Å². The second-order valence-electron chi connectivity index (χ2n) is 7.76. The number of benzene rings is 1. The van der Waals surface area contributed by atoms with E-state index < -0.39 is 0 Å². The monoisotopic (exact) mass is 392 g/mol. The van der Waals surface area contributed by atoms with Crippen molar-refractivity contribution >= 4 is 11.6 Å². The number of nitrogens with zero attached hydrogens (tertiary/aromatic N) is 4. The van der Waals surface area contributed by atoms with Crippen molar-refractivity contribution in [2.75, 3.05) is 13.1 Å². The minimum Gasteiger partial charge on any atom is -0.357 e. The fourth-order valence-electron chi connectivity index (χ4n) is 3.35. The molecule has 3 aromatic rings. The summed E-state index contributed by atoms with van der Waals surface area (Å²) in [4.78, 5) is 4.73. The van der Waals surface area contributed by atoms with Gasteiger partial charge in [0.15, 0.2) is 11.6 Å². The van der Waals surface area contributed by atoms with Crippen LogP contribution >= 0.6 is 0 Å². The Kier molecular flexibility index (Phi) is 7.22. The molecule has 6 nitrogen and oxygen atoms in total. The van der Waals surface area contributed by atoms with E-state index in [4.69, 9.17) is 4.99 Å². The van der Waals surface area contributed by atoms with Gasteiger partial charge < -0.3 is 10.6 Å². The Morgan fingerprint density at radius 1 is 1.07 bits per heavy atom. The van der Waals surface area contributed by atoms with Crippen molar-refractivity contribution in [1.29, 1.82) is 0 Å². The Balaban J connectivity index is 1.61. The first-order valence-electron chi connectivity index (χ1n) is 10.5. The predicted octanol–water partition coefficient (Wildman–Crippen LogP) is 3.79. The van der Waals surface area contributed by atoms with Crippen LogP contribution in [-0.4, -0.2) is 33.6 Å². The maximum absolute atomic E-state index is 4.73. The van der Waals surface area contributed by atoms with Crippen LogP contribution in [0.4, 0.5) is 0 Å². The fourth-order valence-corrected chi connectivity index (χ4v) is 3.35. The van der Waals surface area contributed by atoms with E-state index in [0.29, 0.717) is 12.5 Å². The molecule has 29 heavy (non-hydrogen) atoms. The van der Waals surface area contributed by atoms with Crippen LogP contribution in [0.3, 0.4) is 0 Å². The van der Waals surface area contributed by atoms with Crippen LogP contribution in [-0.2, 0) is 12.8 Å². The van der Waals surface area contributed by atoms with Crippen LogP contribution < -0.4 is 10.6 Å². The van der Waals surface area contributed by atoms with E-state index in [2.05, 4.69) is 72.8 Å². The molecule has 3 rings (SSSR count). The molecule has 0 aliphatic carbocycles. The van der Waals surface area contributed by atoms with E-state index in [9.17, 15) is 0 Å². The third-order valence-electron chi connectivity index (χ3n) is 4.81. The standard InChI is InChI=1S/C23H32N6/c1-5-24-23(25-14-13-22-28-27-21-8-6-7-15-29(21)22)26-18(4)20-11-9-19(10-12-20)16-17(2)3/h6-12,15,17-18H,5,13-14,16H2,1-4H3,(H2,24,25,26). The predicted molar refractivity (Wildman–Crippen MR) is 119 cm³/mol. The zero-order valence-corrected chi connectivity index (χ0v) is 17.9. The summed E-state index contributed by atoms with van der Waals surface area (Å²) in [5.41, 5.74) is 3.51. The smallest absolute Gasteiger partial charge is 0.191 e. The van der Waals surface area contributed by atoms with Crippen molar-refractivity contribution in [3.05, 3.63) is 65.6 Å². The number of hydrogen-bond donors (Lipinski definition) is 2. The third kappa shape index (κ3) is 5.79. The molecule has 0 saturated carbocycles. The highest BCUT2D eigenvalue weighted by Gasteiger charge is 2.09. The van der Waals surface area contributed by atoms with Crippen molar-refractivity contribution < 1.29 is 0 Å². The van der Waals surface area contributed by atoms with Crippen LogP contribution in [0.1, 0.15) is 50.7 Å². The molecule has 0 spiro atoms.